The van der Waals surface area contributed by atoms with Gasteiger partial charge in [0.2, 0.25) is 0 Å². The Balaban J connectivity index is 1.51. The number of alkyl halides is 1. The van der Waals surface area contributed by atoms with Crippen LogP contribution < -0.4 is 0 Å². The third-order valence-corrected chi connectivity index (χ3v) is 11.3. The van der Waals surface area contributed by atoms with Gasteiger partial charge in [-0.3, -0.25) is 4.79 Å². The lowest BCUT2D eigenvalue weighted by Crippen LogP contribution is -2.52. The van der Waals surface area contributed by atoms with Crippen LogP contribution >= 0.6 is 15.9 Å². The van der Waals surface area contributed by atoms with Crippen LogP contribution in [0.5, 0.6) is 0 Å². The van der Waals surface area contributed by atoms with Gasteiger partial charge in [0.1, 0.15) is 10.4 Å². The Bertz CT molecular complexity index is 779. The van der Waals surface area contributed by atoms with Crippen molar-refractivity contribution in [1.29, 1.82) is 0 Å². The van der Waals surface area contributed by atoms with E-state index < -0.39 is 4.32 Å². The van der Waals surface area contributed by atoms with Gasteiger partial charge in [-0.1, -0.05) is 75.9 Å². The summed E-state index contributed by atoms with van der Waals surface area (Å²) >= 11 is 3.51. The number of carbonyl (C=O) groups is 1. The van der Waals surface area contributed by atoms with Crippen molar-refractivity contribution in [3.63, 3.8) is 0 Å². The van der Waals surface area contributed by atoms with Crippen LogP contribution in [0.3, 0.4) is 0 Å². The normalized spacial score (nSPS) is 40.7. The van der Waals surface area contributed by atoms with Crippen molar-refractivity contribution in [2.45, 2.75) is 130 Å². The highest BCUT2D eigenvalue weighted by Gasteiger charge is 2.59. The second-order valence-corrected chi connectivity index (χ2v) is 16.0. The van der Waals surface area contributed by atoms with E-state index in [1.54, 1.807) is 0 Å². The Hall–Kier alpha value is -0.310. The van der Waals surface area contributed by atoms with Crippen LogP contribution in [0.25, 0.3) is 0 Å². The summed E-state index contributed by atoms with van der Waals surface area (Å²) in [4.78, 5) is 12.7. The molecule has 3 fully saturated rings. The molecule has 1 unspecified atom stereocenters. The summed E-state index contributed by atoms with van der Waals surface area (Å²) in [7, 11) is 0. The van der Waals surface area contributed by atoms with E-state index in [1.165, 1.54) is 69.8 Å². The lowest BCUT2D eigenvalue weighted by molar-refractivity contribution is -0.152. The highest BCUT2D eigenvalue weighted by molar-refractivity contribution is 9.10. The molecule has 34 heavy (non-hydrogen) atoms. The van der Waals surface area contributed by atoms with Gasteiger partial charge in [-0.2, -0.15) is 0 Å². The van der Waals surface area contributed by atoms with E-state index in [9.17, 15) is 4.79 Å². The molecule has 4 aliphatic carbocycles. The van der Waals surface area contributed by atoms with E-state index in [0.29, 0.717) is 5.41 Å². The average molecular weight is 536 g/mol. The van der Waals surface area contributed by atoms with Gasteiger partial charge in [0.15, 0.2) is 0 Å². The van der Waals surface area contributed by atoms with Crippen molar-refractivity contribution in [1.82, 2.24) is 0 Å². The maximum atomic E-state index is 12.7. The molecular formula is C31H51BrO2. The fraction of sp³-hybridized carbons (Fsp3) is 0.903. The molecule has 0 amide bonds. The molecule has 3 heteroatoms. The van der Waals surface area contributed by atoms with Gasteiger partial charge in [-0.25, -0.2) is 0 Å². The van der Waals surface area contributed by atoms with Crippen molar-refractivity contribution >= 4 is 21.9 Å². The predicted octanol–water partition coefficient (Wildman–Crippen LogP) is 9.11. The monoisotopic (exact) mass is 534 g/mol. The molecule has 194 valence electrons. The van der Waals surface area contributed by atoms with Gasteiger partial charge in [0.05, 0.1) is 0 Å². The van der Waals surface area contributed by atoms with Crippen LogP contribution in [-0.2, 0) is 9.53 Å². The number of ether oxygens (including phenoxy) is 1. The number of rotatable bonds is 7. The first kappa shape index (κ1) is 26.7. The van der Waals surface area contributed by atoms with Gasteiger partial charge < -0.3 is 4.74 Å². The molecule has 0 N–H and O–H groups in total. The van der Waals surface area contributed by atoms with Crippen LogP contribution in [0.2, 0.25) is 0 Å². The molecule has 0 heterocycles. The van der Waals surface area contributed by atoms with Crippen molar-refractivity contribution in [3.8, 4) is 0 Å². The van der Waals surface area contributed by atoms with Crippen molar-refractivity contribution in [2.75, 3.05) is 0 Å². The Morgan fingerprint density at radius 1 is 1.09 bits per heavy atom. The van der Waals surface area contributed by atoms with Crippen LogP contribution in [0.1, 0.15) is 119 Å². The first-order chi connectivity index (χ1) is 15.9. The maximum absolute atomic E-state index is 12.7. The smallest absolute Gasteiger partial charge is 0.322 e. The molecule has 0 saturated heterocycles. The third kappa shape index (κ3) is 4.82. The molecule has 4 aliphatic rings. The van der Waals surface area contributed by atoms with Gasteiger partial charge in [-0.05, 0) is 117 Å². The number of carbonyl (C=O) groups excluding carboxylic acids is 1. The minimum atomic E-state index is -0.615. The summed E-state index contributed by atoms with van der Waals surface area (Å²) in [6.45, 7) is 16.3. The molecule has 2 nitrogen and oxygen atoms in total. The van der Waals surface area contributed by atoms with Gasteiger partial charge in [0, 0.05) is 0 Å². The van der Waals surface area contributed by atoms with E-state index in [0.717, 1.165) is 41.9 Å². The molecule has 8 atom stereocenters. The summed E-state index contributed by atoms with van der Waals surface area (Å²) in [6.07, 6.45) is 17.0. The van der Waals surface area contributed by atoms with Crippen LogP contribution in [0.4, 0.5) is 0 Å². The Labute approximate surface area is 218 Å². The highest BCUT2D eigenvalue weighted by Crippen LogP contribution is 2.67. The maximum Gasteiger partial charge on any atom is 0.322 e. The quantitative estimate of drug-likeness (QED) is 0.185. The summed E-state index contributed by atoms with van der Waals surface area (Å²) in [5.41, 5.74) is 2.20. The van der Waals surface area contributed by atoms with Crippen LogP contribution in [0, 0.1) is 46.3 Å². The standard InChI is InChI=1S/C31H51BrO2/c1-20(2)10-8-11-21(3)23-15-16-24-22-13-14-26-27(34-28(33)29(4,5)32)12-9-18-30(26,6)25(22)17-19-31(23,24)7/h14,20-25,27H,8-13,15-19H2,1-7H3/t21-,22+,23-,24+,25+,27?,30-,31-/m1/s1. The first-order valence-electron chi connectivity index (χ1n) is 14.5. The number of halogens is 1. The predicted molar refractivity (Wildman–Crippen MR) is 146 cm³/mol. The average Bonchev–Trinajstić information content (AvgIpc) is 3.09. The number of fused-ring (bicyclic) bond motifs is 5. The lowest BCUT2D eigenvalue weighted by atomic mass is 9.46. The Kier molecular flexibility index (Phi) is 7.76. The molecule has 0 aromatic carbocycles. The summed E-state index contributed by atoms with van der Waals surface area (Å²) in [6, 6.07) is 0. The summed E-state index contributed by atoms with van der Waals surface area (Å²) in [5, 5.41) is 0. The molecule has 0 aromatic rings. The molecule has 4 rings (SSSR count). The van der Waals surface area contributed by atoms with E-state index in [-0.39, 0.29) is 17.5 Å². The molecule has 0 radical (unpaired) electrons. The van der Waals surface area contributed by atoms with Gasteiger partial charge in [-0.15, -0.1) is 0 Å². The van der Waals surface area contributed by atoms with E-state index in [2.05, 4.69) is 56.6 Å². The van der Waals surface area contributed by atoms with Gasteiger partial charge in [0.25, 0.3) is 0 Å². The lowest BCUT2D eigenvalue weighted by Gasteiger charge is -2.58. The number of hydrogen-bond donors (Lipinski definition) is 0. The molecule has 0 spiro atoms. The highest BCUT2D eigenvalue weighted by atomic mass is 79.9. The Morgan fingerprint density at radius 2 is 1.82 bits per heavy atom. The fourth-order valence-corrected chi connectivity index (χ4v) is 9.27. The van der Waals surface area contributed by atoms with E-state index in [1.807, 2.05) is 13.8 Å². The zero-order chi connectivity index (χ0) is 24.9. The second-order valence-electron chi connectivity index (χ2n) is 14.0. The van der Waals surface area contributed by atoms with E-state index >= 15 is 0 Å². The largest absolute Gasteiger partial charge is 0.457 e. The summed E-state index contributed by atoms with van der Waals surface area (Å²) < 4.78 is 5.51. The molecular weight excluding hydrogens is 484 g/mol. The molecule has 0 aliphatic heterocycles. The molecule has 3 saturated carbocycles. The molecule has 0 bridgehead atoms. The van der Waals surface area contributed by atoms with Crippen molar-refractivity contribution in [3.05, 3.63) is 11.6 Å². The van der Waals surface area contributed by atoms with Gasteiger partial charge >= 0.3 is 5.97 Å². The number of esters is 1. The van der Waals surface area contributed by atoms with Crippen molar-refractivity contribution < 1.29 is 9.53 Å². The zero-order valence-corrected chi connectivity index (χ0v) is 24.7. The van der Waals surface area contributed by atoms with E-state index in [4.69, 9.17) is 4.74 Å². The van der Waals surface area contributed by atoms with Crippen LogP contribution in [0.15, 0.2) is 11.6 Å². The number of hydrogen-bond acceptors (Lipinski definition) is 2. The minimum absolute atomic E-state index is 0.0189. The molecule has 0 aromatic heterocycles. The number of allylic oxidation sites excluding steroid dienone is 1. The summed E-state index contributed by atoms with van der Waals surface area (Å²) in [5.74, 6) is 4.94. The Morgan fingerprint density at radius 3 is 2.50 bits per heavy atom. The van der Waals surface area contributed by atoms with Crippen molar-refractivity contribution in [2.24, 2.45) is 46.3 Å². The zero-order valence-electron chi connectivity index (χ0n) is 23.1. The third-order valence-electron chi connectivity index (χ3n) is 11.0. The minimum Gasteiger partial charge on any atom is -0.457 e. The fourth-order valence-electron chi connectivity index (χ4n) is 9.17. The topological polar surface area (TPSA) is 26.3 Å². The van der Waals surface area contributed by atoms with Crippen LogP contribution in [-0.4, -0.2) is 16.4 Å². The first-order valence-corrected chi connectivity index (χ1v) is 15.3. The SMILES string of the molecule is CC(C)CCC[C@@H](C)[C@H]1CC[C@H]2[C@@H]3CC=C4C(OC(=O)C(C)(C)Br)CCC[C@]4(C)[C@H]3CC[C@]12C. The second kappa shape index (κ2) is 9.86.